The third kappa shape index (κ3) is 1.48. The number of hydrogen-bond acceptors (Lipinski definition) is 1. The Labute approximate surface area is 60.4 Å². The second-order valence-electron chi connectivity index (χ2n) is 2.07. The first-order chi connectivity index (χ1) is 4.84. The number of hydrogen-bond donors (Lipinski definition) is 1. The molecule has 10 heavy (non-hydrogen) atoms. The summed E-state index contributed by atoms with van der Waals surface area (Å²) < 4.78 is 1.72. The van der Waals surface area contributed by atoms with Crippen LogP contribution < -0.4 is 0 Å². The van der Waals surface area contributed by atoms with Gasteiger partial charge < -0.3 is 9.67 Å². The van der Waals surface area contributed by atoms with Crippen LogP contribution in [-0.2, 0) is 0 Å². The first-order valence-corrected chi connectivity index (χ1v) is 3.28. The van der Waals surface area contributed by atoms with Crippen LogP contribution in [0.3, 0.4) is 0 Å². The van der Waals surface area contributed by atoms with Gasteiger partial charge in [-0.15, -0.1) is 0 Å². The van der Waals surface area contributed by atoms with E-state index in [9.17, 15) is 5.11 Å². The molecule has 1 N–H and O–H groups in total. The molecule has 1 aromatic heterocycles. The molecule has 0 aliphatic rings. The SMILES string of the molecule is C/C=C/C(O)n1cccc1. The minimum atomic E-state index is -0.514. The highest BCUT2D eigenvalue weighted by Crippen LogP contribution is 2.03. The van der Waals surface area contributed by atoms with Crippen molar-refractivity contribution in [2.75, 3.05) is 0 Å². The summed E-state index contributed by atoms with van der Waals surface area (Å²) in [5, 5.41) is 9.29. The van der Waals surface area contributed by atoms with Gasteiger partial charge in [-0.05, 0) is 25.1 Å². The van der Waals surface area contributed by atoms with E-state index in [1.165, 1.54) is 0 Å². The maximum Gasteiger partial charge on any atom is 0.149 e. The van der Waals surface area contributed by atoms with E-state index in [-0.39, 0.29) is 0 Å². The highest BCUT2D eigenvalue weighted by Gasteiger charge is 1.95. The van der Waals surface area contributed by atoms with Gasteiger partial charge in [0.2, 0.25) is 0 Å². The van der Waals surface area contributed by atoms with Crippen molar-refractivity contribution >= 4 is 0 Å². The topological polar surface area (TPSA) is 25.2 Å². The van der Waals surface area contributed by atoms with Crippen LogP contribution in [0, 0.1) is 0 Å². The van der Waals surface area contributed by atoms with Crippen LogP contribution in [0.25, 0.3) is 0 Å². The van der Waals surface area contributed by atoms with E-state index in [0.717, 1.165) is 0 Å². The van der Waals surface area contributed by atoms with Crippen molar-refractivity contribution in [1.29, 1.82) is 0 Å². The smallest absolute Gasteiger partial charge is 0.149 e. The summed E-state index contributed by atoms with van der Waals surface area (Å²) in [5.74, 6) is 0. The Morgan fingerprint density at radius 2 is 2.00 bits per heavy atom. The van der Waals surface area contributed by atoms with E-state index < -0.39 is 6.23 Å². The van der Waals surface area contributed by atoms with Gasteiger partial charge in [0.25, 0.3) is 0 Å². The molecule has 1 atom stereocenters. The van der Waals surface area contributed by atoms with Crippen LogP contribution in [0.4, 0.5) is 0 Å². The summed E-state index contributed by atoms with van der Waals surface area (Å²) >= 11 is 0. The Balaban J connectivity index is 2.67. The largest absolute Gasteiger partial charge is 0.370 e. The Morgan fingerprint density at radius 1 is 1.40 bits per heavy atom. The molecule has 1 aromatic rings. The first-order valence-electron chi connectivity index (χ1n) is 3.28. The molecule has 0 fully saturated rings. The van der Waals surface area contributed by atoms with Gasteiger partial charge in [-0.2, -0.15) is 0 Å². The van der Waals surface area contributed by atoms with Crippen LogP contribution in [0.15, 0.2) is 36.7 Å². The van der Waals surface area contributed by atoms with E-state index in [1.807, 2.05) is 37.5 Å². The summed E-state index contributed by atoms with van der Waals surface area (Å²) in [6.07, 6.45) is 6.68. The lowest BCUT2D eigenvalue weighted by Gasteiger charge is -2.05. The van der Waals surface area contributed by atoms with Gasteiger partial charge in [-0.3, -0.25) is 0 Å². The van der Waals surface area contributed by atoms with Gasteiger partial charge in [0, 0.05) is 12.4 Å². The van der Waals surface area contributed by atoms with Crippen molar-refractivity contribution in [3.8, 4) is 0 Å². The molecule has 1 rings (SSSR count). The maximum atomic E-state index is 9.29. The minimum absolute atomic E-state index is 0.514. The van der Waals surface area contributed by atoms with Crippen molar-refractivity contribution in [2.24, 2.45) is 0 Å². The lowest BCUT2D eigenvalue weighted by molar-refractivity contribution is 0.155. The fourth-order valence-electron chi connectivity index (χ4n) is 0.796. The first kappa shape index (κ1) is 7.09. The molecular formula is C8H11NO. The van der Waals surface area contributed by atoms with Crippen LogP contribution in [0.1, 0.15) is 13.2 Å². The van der Waals surface area contributed by atoms with Crippen molar-refractivity contribution in [3.63, 3.8) is 0 Å². The van der Waals surface area contributed by atoms with Crippen LogP contribution in [0.5, 0.6) is 0 Å². The average molecular weight is 137 g/mol. The number of nitrogens with zero attached hydrogens (tertiary/aromatic N) is 1. The summed E-state index contributed by atoms with van der Waals surface area (Å²) in [5.41, 5.74) is 0. The van der Waals surface area contributed by atoms with Crippen LogP contribution >= 0.6 is 0 Å². The zero-order valence-electron chi connectivity index (χ0n) is 5.94. The van der Waals surface area contributed by atoms with E-state index in [2.05, 4.69) is 0 Å². The van der Waals surface area contributed by atoms with Gasteiger partial charge in [-0.1, -0.05) is 6.08 Å². The van der Waals surface area contributed by atoms with Gasteiger partial charge in [0.1, 0.15) is 6.23 Å². The molecule has 2 heteroatoms. The number of aromatic nitrogens is 1. The number of aliphatic hydroxyl groups is 1. The highest BCUT2D eigenvalue weighted by atomic mass is 16.3. The number of allylic oxidation sites excluding steroid dienone is 1. The Kier molecular flexibility index (Phi) is 2.29. The number of rotatable bonds is 2. The van der Waals surface area contributed by atoms with Crippen LogP contribution in [0.2, 0.25) is 0 Å². The van der Waals surface area contributed by atoms with Crippen molar-refractivity contribution in [2.45, 2.75) is 13.2 Å². The Morgan fingerprint density at radius 3 is 2.50 bits per heavy atom. The van der Waals surface area contributed by atoms with Crippen molar-refractivity contribution in [1.82, 2.24) is 4.57 Å². The minimum Gasteiger partial charge on any atom is -0.370 e. The molecule has 0 aliphatic carbocycles. The molecule has 1 heterocycles. The average Bonchev–Trinajstić information content (AvgIpc) is 2.38. The summed E-state index contributed by atoms with van der Waals surface area (Å²) in [7, 11) is 0. The third-order valence-electron chi connectivity index (χ3n) is 1.30. The van der Waals surface area contributed by atoms with E-state index in [4.69, 9.17) is 0 Å². The fourth-order valence-corrected chi connectivity index (χ4v) is 0.796. The second-order valence-corrected chi connectivity index (χ2v) is 2.07. The fraction of sp³-hybridized carbons (Fsp3) is 0.250. The predicted molar refractivity (Wildman–Crippen MR) is 40.5 cm³/mol. The van der Waals surface area contributed by atoms with Crippen molar-refractivity contribution in [3.05, 3.63) is 36.7 Å². The molecule has 0 bridgehead atoms. The van der Waals surface area contributed by atoms with Crippen LogP contribution in [-0.4, -0.2) is 9.67 Å². The monoisotopic (exact) mass is 137 g/mol. The third-order valence-corrected chi connectivity index (χ3v) is 1.30. The van der Waals surface area contributed by atoms with Gasteiger partial charge in [0.05, 0.1) is 0 Å². The quantitative estimate of drug-likeness (QED) is 0.615. The van der Waals surface area contributed by atoms with E-state index in [1.54, 1.807) is 10.6 Å². The molecule has 0 saturated carbocycles. The maximum absolute atomic E-state index is 9.29. The summed E-state index contributed by atoms with van der Waals surface area (Å²) in [4.78, 5) is 0. The predicted octanol–water partition coefficient (Wildman–Crippen LogP) is 1.56. The molecule has 2 nitrogen and oxygen atoms in total. The van der Waals surface area contributed by atoms with E-state index in [0.29, 0.717) is 0 Å². The molecule has 0 saturated heterocycles. The molecule has 0 aromatic carbocycles. The Bertz CT molecular complexity index is 201. The second kappa shape index (κ2) is 3.22. The van der Waals surface area contributed by atoms with Gasteiger partial charge >= 0.3 is 0 Å². The molecule has 0 amide bonds. The summed E-state index contributed by atoms with van der Waals surface area (Å²) in [6.45, 7) is 1.88. The molecule has 0 radical (unpaired) electrons. The highest BCUT2D eigenvalue weighted by molar-refractivity contribution is 4.95. The molecule has 54 valence electrons. The molecule has 0 aliphatic heterocycles. The standard InChI is InChI=1S/C8H11NO/c1-2-5-8(10)9-6-3-4-7-9/h2-8,10H,1H3/b5-2+. The Hall–Kier alpha value is -1.02. The van der Waals surface area contributed by atoms with E-state index >= 15 is 0 Å². The lowest BCUT2D eigenvalue weighted by atomic mass is 10.5. The molecular weight excluding hydrogens is 126 g/mol. The van der Waals surface area contributed by atoms with Gasteiger partial charge in [-0.25, -0.2) is 0 Å². The normalized spacial score (nSPS) is 14.2. The summed E-state index contributed by atoms with van der Waals surface area (Å²) in [6, 6.07) is 3.76. The van der Waals surface area contributed by atoms with Gasteiger partial charge in [0.15, 0.2) is 0 Å². The zero-order chi connectivity index (χ0) is 7.40. The number of aliphatic hydroxyl groups excluding tert-OH is 1. The molecule has 1 unspecified atom stereocenters. The lowest BCUT2D eigenvalue weighted by Crippen LogP contribution is -2.00. The molecule has 0 spiro atoms. The van der Waals surface area contributed by atoms with Crippen molar-refractivity contribution < 1.29 is 5.11 Å². The zero-order valence-corrected chi connectivity index (χ0v) is 5.94.